The quantitative estimate of drug-likeness (QED) is 0.717. The van der Waals surface area contributed by atoms with Crippen LogP contribution < -0.4 is 5.73 Å². The van der Waals surface area contributed by atoms with Gasteiger partial charge in [-0.15, -0.1) is 0 Å². The van der Waals surface area contributed by atoms with Crippen LogP contribution in [0.1, 0.15) is 37.5 Å². The molecule has 6 heteroatoms. The Kier molecular flexibility index (Phi) is 5.91. The Balaban J connectivity index is 0.000000279. The monoisotopic (exact) mass is 370 g/mol. The van der Waals surface area contributed by atoms with E-state index in [0.29, 0.717) is 12.2 Å². The highest BCUT2D eigenvalue weighted by atomic mass is 16.4. The number of aliphatic carboxylic acids is 2. The molecule has 0 radical (unpaired) electrons. The Morgan fingerprint density at radius 1 is 1.15 bits per heavy atom. The molecular weight excluding hydrogens is 344 g/mol. The maximum absolute atomic E-state index is 9.55. The molecule has 0 bridgehead atoms. The van der Waals surface area contributed by atoms with Crippen LogP contribution in [-0.4, -0.2) is 32.8 Å². The number of aromatic nitrogens is 1. The Bertz CT molecular complexity index is 876. The first kappa shape index (κ1) is 20.5. The number of aryl methyl sites for hydroxylation is 1. The van der Waals surface area contributed by atoms with Crippen LogP contribution >= 0.6 is 0 Å². The summed E-state index contributed by atoms with van der Waals surface area (Å²) in [6.07, 6.45) is 3.30. The number of carboxylic acid groups (broad SMARTS) is 2. The Morgan fingerprint density at radius 2 is 1.74 bits per heavy atom. The van der Waals surface area contributed by atoms with E-state index in [1.165, 1.54) is 27.9 Å². The van der Waals surface area contributed by atoms with Crippen LogP contribution in [0.15, 0.2) is 42.6 Å². The van der Waals surface area contributed by atoms with E-state index >= 15 is 0 Å². The lowest BCUT2D eigenvalue weighted by Crippen LogP contribution is -2.22. The lowest BCUT2D eigenvalue weighted by Gasteiger charge is -2.20. The molecule has 3 rings (SSSR count). The number of hydrogen-bond donors (Lipinski definition) is 3. The van der Waals surface area contributed by atoms with Crippen molar-refractivity contribution >= 4 is 11.9 Å². The number of fused-ring (bicyclic) bond motifs is 3. The van der Waals surface area contributed by atoms with Gasteiger partial charge < -0.3 is 20.5 Å². The van der Waals surface area contributed by atoms with Gasteiger partial charge in [-0.3, -0.25) is 0 Å². The molecule has 6 nitrogen and oxygen atoms in total. The third-order valence-electron chi connectivity index (χ3n) is 4.59. The maximum Gasteiger partial charge on any atom is 0.328 e. The van der Waals surface area contributed by atoms with Gasteiger partial charge in [-0.25, -0.2) is 9.59 Å². The summed E-state index contributed by atoms with van der Waals surface area (Å²) in [5.41, 5.74) is 13.0. The molecule has 1 heterocycles. The minimum atomic E-state index is -1.26. The summed E-state index contributed by atoms with van der Waals surface area (Å²) in [5, 5.41) is 15.6. The second-order valence-corrected chi connectivity index (χ2v) is 7.39. The lowest BCUT2D eigenvalue weighted by atomic mass is 9.83. The van der Waals surface area contributed by atoms with Gasteiger partial charge in [-0.05, 0) is 37.1 Å². The molecular formula is C21H26N2O4. The fraction of sp³-hybridized carbons (Fsp3) is 0.333. The number of carbonyl (C=O) groups is 2. The van der Waals surface area contributed by atoms with Crippen LogP contribution in [-0.2, 0) is 21.5 Å². The van der Waals surface area contributed by atoms with Crippen LogP contribution in [0.4, 0.5) is 0 Å². The van der Waals surface area contributed by atoms with Crippen molar-refractivity contribution < 1.29 is 19.8 Å². The fourth-order valence-corrected chi connectivity index (χ4v) is 3.43. The molecule has 27 heavy (non-hydrogen) atoms. The number of hydrogen-bond acceptors (Lipinski definition) is 3. The van der Waals surface area contributed by atoms with Crippen LogP contribution in [0.25, 0.3) is 11.3 Å². The lowest BCUT2D eigenvalue weighted by molar-refractivity contribution is -0.134. The molecule has 4 N–H and O–H groups in total. The van der Waals surface area contributed by atoms with E-state index in [1.54, 1.807) is 0 Å². The normalized spacial score (nSPS) is 14.9. The smallest absolute Gasteiger partial charge is 0.328 e. The molecule has 0 unspecified atom stereocenters. The van der Waals surface area contributed by atoms with Gasteiger partial charge in [0.15, 0.2) is 0 Å². The molecule has 0 amide bonds. The topological polar surface area (TPSA) is 106 Å². The zero-order valence-corrected chi connectivity index (χ0v) is 16.1. The number of carboxylic acids is 2. The molecule has 0 saturated heterocycles. The summed E-state index contributed by atoms with van der Waals surface area (Å²) < 4.78 is 2.31. The average molecular weight is 370 g/mol. The standard InChI is InChI=1S/C17H22N2.C4H4O4/c1-11-5-6-14-13(9-11)16-15(17(14,3)4)7-8-19(16)10-12(2)18;5-3(6)1-2-4(7)8/h5-9,12H,10,18H2,1-4H3;1-2H,(H,5,6)(H,7,8)/t12-;/m0./s1. The Labute approximate surface area is 158 Å². The first-order chi connectivity index (χ1) is 12.5. The predicted molar refractivity (Wildman–Crippen MR) is 105 cm³/mol. The number of rotatable bonds is 4. The van der Waals surface area contributed by atoms with E-state index in [9.17, 15) is 9.59 Å². The molecule has 1 aromatic heterocycles. The second-order valence-electron chi connectivity index (χ2n) is 7.39. The SMILES string of the molecule is Cc1ccc2c(c1)-c1c(ccn1C[C@H](C)N)C2(C)C.O=C(O)C=CC(=O)O. The number of benzene rings is 1. The van der Waals surface area contributed by atoms with Gasteiger partial charge in [0, 0.05) is 41.9 Å². The molecule has 1 aliphatic carbocycles. The summed E-state index contributed by atoms with van der Waals surface area (Å²) in [4.78, 5) is 19.1. The van der Waals surface area contributed by atoms with Gasteiger partial charge in [0.25, 0.3) is 0 Å². The highest BCUT2D eigenvalue weighted by Gasteiger charge is 2.37. The zero-order chi connectivity index (χ0) is 20.4. The molecule has 1 aliphatic rings. The van der Waals surface area contributed by atoms with Crippen molar-refractivity contribution in [3.8, 4) is 11.3 Å². The van der Waals surface area contributed by atoms with Gasteiger partial charge in [0.05, 0.1) is 5.69 Å². The van der Waals surface area contributed by atoms with Crippen molar-refractivity contribution in [2.45, 2.75) is 45.7 Å². The van der Waals surface area contributed by atoms with Crippen molar-refractivity contribution in [3.05, 3.63) is 59.3 Å². The van der Waals surface area contributed by atoms with Crippen molar-refractivity contribution in [1.82, 2.24) is 4.57 Å². The first-order valence-corrected chi connectivity index (χ1v) is 8.74. The number of nitrogens with zero attached hydrogens (tertiary/aromatic N) is 1. The van der Waals surface area contributed by atoms with Gasteiger partial charge in [0.1, 0.15) is 0 Å². The van der Waals surface area contributed by atoms with E-state index in [0.717, 1.165) is 6.54 Å². The van der Waals surface area contributed by atoms with Crippen LogP contribution in [0.2, 0.25) is 0 Å². The van der Waals surface area contributed by atoms with Gasteiger partial charge in [-0.2, -0.15) is 0 Å². The van der Waals surface area contributed by atoms with E-state index in [1.807, 2.05) is 0 Å². The van der Waals surface area contributed by atoms with Crippen molar-refractivity contribution in [3.63, 3.8) is 0 Å². The summed E-state index contributed by atoms with van der Waals surface area (Å²) in [6, 6.07) is 9.23. The third kappa shape index (κ3) is 4.46. The molecule has 1 atom stereocenters. The Morgan fingerprint density at radius 3 is 2.26 bits per heavy atom. The van der Waals surface area contributed by atoms with Crippen LogP contribution in [0, 0.1) is 6.92 Å². The minimum Gasteiger partial charge on any atom is -0.478 e. The van der Waals surface area contributed by atoms with Crippen molar-refractivity contribution in [2.75, 3.05) is 0 Å². The maximum atomic E-state index is 9.55. The van der Waals surface area contributed by atoms with Crippen molar-refractivity contribution in [2.24, 2.45) is 5.73 Å². The van der Waals surface area contributed by atoms with Gasteiger partial charge >= 0.3 is 11.9 Å². The van der Waals surface area contributed by atoms with E-state index < -0.39 is 11.9 Å². The fourth-order valence-electron chi connectivity index (χ4n) is 3.43. The largest absolute Gasteiger partial charge is 0.478 e. The Hall–Kier alpha value is -2.86. The molecule has 144 valence electrons. The highest BCUT2D eigenvalue weighted by Crippen LogP contribution is 2.49. The molecule has 0 saturated carbocycles. The molecule has 0 spiro atoms. The average Bonchev–Trinajstić information content (AvgIpc) is 3.05. The summed E-state index contributed by atoms with van der Waals surface area (Å²) >= 11 is 0. The predicted octanol–water partition coefficient (Wildman–Crippen LogP) is 3.16. The second kappa shape index (κ2) is 7.80. The first-order valence-electron chi connectivity index (χ1n) is 8.74. The van der Waals surface area contributed by atoms with Crippen LogP contribution in [0.5, 0.6) is 0 Å². The summed E-state index contributed by atoms with van der Waals surface area (Å²) in [7, 11) is 0. The molecule has 0 aliphatic heterocycles. The summed E-state index contributed by atoms with van der Waals surface area (Å²) in [6.45, 7) is 9.71. The molecule has 1 aromatic carbocycles. The van der Waals surface area contributed by atoms with Gasteiger partial charge in [-0.1, -0.05) is 31.5 Å². The molecule has 2 aromatic rings. The van der Waals surface area contributed by atoms with Gasteiger partial charge in [0.2, 0.25) is 0 Å². The highest BCUT2D eigenvalue weighted by molar-refractivity contribution is 5.89. The molecule has 0 fully saturated rings. The summed E-state index contributed by atoms with van der Waals surface area (Å²) in [5.74, 6) is -2.51. The number of nitrogens with two attached hydrogens (primary N) is 1. The third-order valence-corrected chi connectivity index (χ3v) is 4.59. The van der Waals surface area contributed by atoms with E-state index in [-0.39, 0.29) is 11.5 Å². The minimum absolute atomic E-state index is 0.0987. The van der Waals surface area contributed by atoms with Crippen LogP contribution in [0.3, 0.4) is 0 Å². The van der Waals surface area contributed by atoms with E-state index in [4.69, 9.17) is 15.9 Å². The van der Waals surface area contributed by atoms with E-state index in [2.05, 4.69) is 62.7 Å². The zero-order valence-electron chi connectivity index (χ0n) is 16.1. The van der Waals surface area contributed by atoms with Crippen molar-refractivity contribution in [1.29, 1.82) is 0 Å².